The number of aliphatic hydroxyl groups is 1. The number of amides is 1. The highest BCUT2D eigenvalue weighted by molar-refractivity contribution is 7.89. The first-order chi connectivity index (χ1) is 15.9. The molecular weight excluding hydrogens is 456 g/mol. The molecule has 0 bridgehead atoms. The van der Waals surface area contributed by atoms with E-state index in [2.05, 4.69) is 5.32 Å². The minimum atomic E-state index is -4.04. The van der Waals surface area contributed by atoms with Crippen LogP contribution in [0.15, 0.2) is 41.3 Å². The van der Waals surface area contributed by atoms with Gasteiger partial charge in [-0.2, -0.15) is 4.31 Å². The van der Waals surface area contributed by atoms with E-state index >= 15 is 0 Å². The molecule has 0 spiro atoms. The normalized spacial score (nSPS) is 18.8. The van der Waals surface area contributed by atoms with Crippen molar-refractivity contribution in [2.24, 2.45) is 0 Å². The maximum absolute atomic E-state index is 13.2. The van der Waals surface area contributed by atoms with Crippen LogP contribution in [0.2, 0.25) is 0 Å². The summed E-state index contributed by atoms with van der Waals surface area (Å²) in [5, 5.41) is 12.9. The van der Waals surface area contributed by atoms with Gasteiger partial charge in [-0.1, -0.05) is 38.1 Å². The standard InChI is InChI=1S/C25H32N2O6S/c1-15(2)21-8-6-7-17(4)24(21)26-23(29)14-33-25(30)22-12-19(28)13-27(22)34(31,32)20-10-9-16(3)18(5)11-20/h6-11,15,19,22,28H,12-14H2,1-5H3,(H,26,29). The number of sulfonamides is 1. The predicted octanol–water partition coefficient (Wildman–Crippen LogP) is 3.04. The summed E-state index contributed by atoms with van der Waals surface area (Å²) in [5.74, 6) is -1.21. The largest absolute Gasteiger partial charge is 0.454 e. The van der Waals surface area contributed by atoms with Crippen molar-refractivity contribution in [3.8, 4) is 0 Å². The van der Waals surface area contributed by atoms with Gasteiger partial charge in [0.25, 0.3) is 5.91 Å². The topological polar surface area (TPSA) is 113 Å². The average molecular weight is 489 g/mol. The van der Waals surface area contributed by atoms with Crippen molar-refractivity contribution >= 4 is 27.6 Å². The van der Waals surface area contributed by atoms with Gasteiger partial charge in [0, 0.05) is 18.7 Å². The van der Waals surface area contributed by atoms with Crippen LogP contribution in [-0.2, 0) is 24.3 Å². The zero-order valence-corrected chi connectivity index (χ0v) is 21.0. The minimum absolute atomic E-state index is 0.0426. The zero-order valence-electron chi connectivity index (χ0n) is 20.2. The van der Waals surface area contributed by atoms with Gasteiger partial charge >= 0.3 is 5.97 Å². The highest BCUT2D eigenvalue weighted by Gasteiger charge is 2.44. The number of anilines is 1. The van der Waals surface area contributed by atoms with Gasteiger partial charge in [0.05, 0.1) is 11.0 Å². The van der Waals surface area contributed by atoms with Crippen LogP contribution in [0.3, 0.4) is 0 Å². The van der Waals surface area contributed by atoms with Gasteiger partial charge in [-0.3, -0.25) is 9.59 Å². The Morgan fingerprint density at radius 1 is 1.12 bits per heavy atom. The van der Waals surface area contributed by atoms with Crippen LogP contribution in [0.1, 0.15) is 48.4 Å². The van der Waals surface area contributed by atoms with E-state index in [1.54, 1.807) is 19.1 Å². The molecule has 2 N–H and O–H groups in total. The predicted molar refractivity (Wildman–Crippen MR) is 129 cm³/mol. The van der Waals surface area contributed by atoms with E-state index in [1.807, 2.05) is 45.9 Å². The third-order valence-electron chi connectivity index (χ3n) is 6.13. The first-order valence-electron chi connectivity index (χ1n) is 11.2. The van der Waals surface area contributed by atoms with Crippen molar-refractivity contribution in [3.63, 3.8) is 0 Å². The van der Waals surface area contributed by atoms with E-state index in [4.69, 9.17) is 4.74 Å². The lowest BCUT2D eigenvalue weighted by Crippen LogP contribution is -2.42. The van der Waals surface area contributed by atoms with Crippen LogP contribution >= 0.6 is 0 Å². The summed E-state index contributed by atoms with van der Waals surface area (Å²) < 4.78 is 32.6. The maximum atomic E-state index is 13.2. The van der Waals surface area contributed by atoms with E-state index in [9.17, 15) is 23.1 Å². The number of ether oxygens (including phenoxy) is 1. The number of hydrogen-bond donors (Lipinski definition) is 2. The third-order valence-corrected chi connectivity index (χ3v) is 8.00. The van der Waals surface area contributed by atoms with Gasteiger partial charge in [0.1, 0.15) is 6.04 Å². The lowest BCUT2D eigenvalue weighted by atomic mass is 9.98. The highest BCUT2D eigenvalue weighted by atomic mass is 32.2. The second-order valence-corrected chi connectivity index (χ2v) is 11.0. The fourth-order valence-corrected chi connectivity index (χ4v) is 5.74. The molecule has 1 aliphatic heterocycles. The van der Waals surface area contributed by atoms with Gasteiger partial charge in [0.2, 0.25) is 10.0 Å². The van der Waals surface area contributed by atoms with Gasteiger partial charge in [0.15, 0.2) is 6.61 Å². The molecule has 0 radical (unpaired) electrons. The quantitative estimate of drug-likeness (QED) is 0.579. The number of aryl methyl sites for hydroxylation is 3. The molecule has 9 heteroatoms. The Hall–Kier alpha value is -2.75. The summed E-state index contributed by atoms with van der Waals surface area (Å²) in [6.45, 7) is 8.80. The number of nitrogens with one attached hydrogen (secondary N) is 1. The number of nitrogens with zero attached hydrogens (tertiary/aromatic N) is 1. The number of esters is 1. The van der Waals surface area contributed by atoms with Crippen molar-refractivity contribution < 1.29 is 27.9 Å². The van der Waals surface area contributed by atoms with Crippen molar-refractivity contribution in [1.29, 1.82) is 0 Å². The van der Waals surface area contributed by atoms with Crippen LogP contribution in [0, 0.1) is 20.8 Å². The number of aliphatic hydroxyl groups excluding tert-OH is 1. The molecule has 1 aliphatic rings. The zero-order chi connectivity index (χ0) is 25.2. The van der Waals surface area contributed by atoms with Crippen molar-refractivity contribution in [2.45, 2.75) is 64.0 Å². The Labute approximate surface area is 201 Å². The maximum Gasteiger partial charge on any atom is 0.325 e. The summed E-state index contributed by atoms with van der Waals surface area (Å²) in [6.07, 6.45) is -1.10. The fourth-order valence-electron chi connectivity index (χ4n) is 4.02. The van der Waals surface area contributed by atoms with Gasteiger partial charge in [-0.05, 0) is 61.1 Å². The smallest absolute Gasteiger partial charge is 0.325 e. The lowest BCUT2D eigenvalue weighted by molar-refractivity contribution is -0.150. The van der Waals surface area contributed by atoms with Crippen molar-refractivity contribution in [1.82, 2.24) is 4.31 Å². The molecule has 1 fully saturated rings. The van der Waals surface area contributed by atoms with E-state index in [-0.39, 0.29) is 23.8 Å². The second kappa shape index (κ2) is 10.2. The molecule has 0 saturated carbocycles. The van der Waals surface area contributed by atoms with Crippen molar-refractivity contribution in [2.75, 3.05) is 18.5 Å². The summed E-state index contributed by atoms with van der Waals surface area (Å²) in [7, 11) is -4.04. The molecule has 2 aromatic carbocycles. The third kappa shape index (κ3) is 5.48. The molecule has 184 valence electrons. The fraction of sp³-hybridized carbons (Fsp3) is 0.440. The molecule has 8 nitrogen and oxygen atoms in total. The molecule has 2 unspecified atom stereocenters. The van der Waals surface area contributed by atoms with Gasteiger partial charge in [-0.15, -0.1) is 0 Å². The Balaban J connectivity index is 1.71. The second-order valence-electron chi connectivity index (χ2n) is 9.08. The number of para-hydroxylation sites is 1. The Kier molecular flexibility index (Phi) is 7.80. The number of carbonyl (C=O) groups excluding carboxylic acids is 2. The highest BCUT2D eigenvalue weighted by Crippen LogP contribution is 2.29. The summed E-state index contributed by atoms with van der Waals surface area (Å²) in [6, 6.07) is 9.23. The van der Waals surface area contributed by atoms with Crippen LogP contribution in [-0.4, -0.2) is 55.0 Å². The average Bonchev–Trinajstić information content (AvgIpc) is 3.17. The SMILES string of the molecule is Cc1ccc(S(=O)(=O)N2CC(O)CC2C(=O)OCC(=O)Nc2c(C)cccc2C(C)C)cc1C. The van der Waals surface area contributed by atoms with E-state index in [0.29, 0.717) is 5.69 Å². The lowest BCUT2D eigenvalue weighted by Gasteiger charge is -2.23. The Morgan fingerprint density at radius 3 is 2.47 bits per heavy atom. The number of β-amino-alcohol motifs (C(OH)–C–C–N with tert-alkyl or cyclic N) is 1. The number of carbonyl (C=O) groups is 2. The van der Waals surface area contributed by atoms with E-state index in [0.717, 1.165) is 26.6 Å². The van der Waals surface area contributed by atoms with Crippen LogP contribution in [0.25, 0.3) is 0 Å². The molecule has 2 aromatic rings. The molecule has 3 rings (SSSR count). The molecule has 0 aromatic heterocycles. The van der Waals surface area contributed by atoms with Crippen LogP contribution < -0.4 is 5.32 Å². The number of rotatable bonds is 7. The molecule has 1 amide bonds. The first-order valence-corrected chi connectivity index (χ1v) is 12.7. The van der Waals surface area contributed by atoms with Gasteiger partial charge < -0.3 is 15.2 Å². The van der Waals surface area contributed by atoms with E-state index in [1.165, 1.54) is 6.07 Å². The minimum Gasteiger partial charge on any atom is -0.454 e. The van der Waals surface area contributed by atoms with Crippen LogP contribution in [0.5, 0.6) is 0 Å². The summed E-state index contributed by atoms with van der Waals surface area (Å²) >= 11 is 0. The first kappa shape index (κ1) is 25.9. The molecule has 34 heavy (non-hydrogen) atoms. The Morgan fingerprint density at radius 2 is 1.82 bits per heavy atom. The van der Waals surface area contributed by atoms with E-state index < -0.39 is 40.7 Å². The van der Waals surface area contributed by atoms with Crippen LogP contribution in [0.4, 0.5) is 5.69 Å². The summed E-state index contributed by atoms with van der Waals surface area (Å²) in [4.78, 5) is 25.3. The molecule has 1 saturated heterocycles. The summed E-state index contributed by atoms with van der Waals surface area (Å²) in [5.41, 5.74) is 4.26. The molecular formula is C25H32N2O6S. The number of hydrogen-bond acceptors (Lipinski definition) is 6. The molecule has 0 aliphatic carbocycles. The molecule has 1 heterocycles. The monoisotopic (exact) mass is 488 g/mol. The number of benzene rings is 2. The Bertz CT molecular complexity index is 1190. The van der Waals surface area contributed by atoms with Crippen molar-refractivity contribution in [3.05, 3.63) is 58.7 Å². The molecule has 2 atom stereocenters. The van der Waals surface area contributed by atoms with Gasteiger partial charge in [-0.25, -0.2) is 8.42 Å².